The van der Waals surface area contributed by atoms with Crippen molar-refractivity contribution in [1.82, 2.24) is 0 Å². The van der Waals surface area contributed by atoms with Gasteiger partial charge in [-0.15, -0.1) is 0 Å². The molecule has 1 aliphatic rings. The maximum absolute atomic E-state index is 14.4. The lowest BCUT2D eigenvalue weighted by atomic mass is 9.84. The average Bonchev–Trinajstić information content (AvgIpc) is 2.62. The lowest BCUT2D eigenvalue weighted by Crippen LogP contribution is -2.14. The van der Waals surface area contributed by atoms with Crippen molar-refractivity contribution in [2.45, 2.75) is 53.9 Å². The third-order valence-electron chi connectivity index (χ3n) is 4.87. The molecule has 0 aromatic heterocycles. The van der Waals surface area contributed by atoms with E-state index in [4.69, 9.17) is 0 Å². The summed E-state index contributed by atoms with van der Waals surface area (Å²) in [6, 6.07) is 1.63. The van der Waals surface area contributed by atoms with Gasteiger partial charge in [0.05, 0.1) is 0 Å². The molecule has 0 saturated heterocycles. The molecular formula is C22H26F2. The minimum Gasteiger partial charge on any atom is -0.202 e. The number of hydrogen-bond acceptors (Lipinski definition) is 0. The molecule has 2 rings (SSSR count). The second kappa shape index (κ2) is 6.51. The standard InChI is InChI=1S/C22H26F2/c1-13(2)19-12-20(22(7,23)24)21(17(6)16(19)5)18-10-8-9-14(3)15(4)11-18/h8-9,11-12H,1,10H2,2-7H3. The molecule has 0 heterocycles. The first-order valence-corrected chi connectivity index (χ1v) is 8.27. The zero-order valence-corrected chi connectivity index (χ0v) is 15.5. The molecule has 0 unspecified atom stereocenters. The van der Waals surface area contributed by atoms with Crippen molar-refractivity contribution in [2.75, 3.05) is 0 Å². The molecule has 0 nitrogen and oxygen atoms in total. The Morgan fingerprint density at radius 1 is 1.08 bits per heavy atom. The summed E-state index contributed by atoms with van der Waals surface area (Å²) in [6.07, 6.45) is 6.82. The van der Waals surface area contributed by atoms with Gasteiger partial charge in [-0.1, -0.05) is 30.4 Å². The molecule has 2 heteroatoms. The van der Waals surface area contributed by atoms with E-state index in [0.29, 0.717) is 12.0 Å². The van der Waals surface area contributed by atoms with Gasteiger partial charge in [-0.25, -0.2) is 8.78 Å². The van der Waals surface area contributed by atoms with Gasteiger partial charge < -0.3 is 0 Å². The summed E-state index contributed by atoms with van der Waals surface area (Å²) in [7, 11) is 0. The first kappa shape index (κ1) is 18.4. The number of alkyl halides is 2. The fourth-order valence-corrected chi connectivity index (χ4v) is 3.22. The molecule has 1 aliphatic carbocycles. The fraction of sp³-hybridized carbons (Fsp3) is 0.364. The number of allylic oxidation sites excluding steroid dienone is 7. The molecular weight excluding hydrogens is 302 g/mol. The minimum atomic E-state index is -2.90. The van der Waals surface area contributed by atoms with E-state index >= 15 is 0 Å². The highest BCUT2D eigenvalue weighted by molar-refractivity contribution is 5.79. The lowest BCUT2D eigenvalue weighted by Gasteiger charge is -2.24. The summed E-state index contributed by atoms with van der Waals surface area (Å²) in [4.78, 5) is 0. The molecule has 0 fully saturated rings. The van der Waals surface area contributed by atoms with Crippen LogP contribution in [0, 0.1) is 13.8 Å². The Morgan fingerprint density at radius 2 is 1.71 bits per heavy atom. The summed E-state index contributed by atoms with van der Waals surface area (Å²) in [5.74, 6) is -2.90. The predicted molar refractivity (Wildman–Crippen MR) is 100 cm³/mol. The van der Waals surface area contributed by atoms with E-state index in [2.05, 4.69) is 18.7 Å². The van der Waals surface area contributed by atoms with Gasteiger partial charge in [-0.05, 0) is 86.1 Å². The van der Waals surface area contributed by atoms with E-state index in [9.17, 15) is 8.78 Å². The largest absolute Gasteiger partial charge is 0.271 e. The molecule has 0 saturated carbocycles. The Morgan fingerprint density at radius 3 is 2.25 bits per heavy atom. The van der Waals surface area contributed by atoms with Crippen molar-refractivity contribution >= 4 is 11.1 Å². The molecule has 24 heavy (non-hydrogen) atoms. The molecule has 0 aliphatic heterocycles. The van der Waals surface area contributed by atoms with Gasteiger partial charge in [0.25, 0.3) is 5.92 Å². The third-order valence-corrected chi connectivity index (χ3v) is 4.87. The summed E-state index contributed by atoms with van der Waals surface area (Å²) in [5, 5.41) is 0. The zero-order chi connectivity index (χ0) is 18.2. The number of rotatable bonds is 3. The molecule has 0 amide bonds. The predicted octanol–water partition coefficient (Wildman–Crippen LogP) is 7.13. The van der Waals surface area contributed by atoms with Crippen LogP contribution >= 0.6 is 0 Å². The Balaban J connectivity index is 2.84. The van der Waals surface area contributed by atoms with Gasteiger partial charge in [0.15, 0.2) is 0 Å². The van der Waals surface area contributed by atoms with Crippen LogP contribution in [0.1, 0.15) is 61.9 Å². The van der Waals surface area contributed by atoms with Crippen molar-refractivity contribution in [2.24, 2.45) is 0 Å². The van der Waals surface area contributed by atoms with E-state index in [1.54, 1.807) is 6.07 Å². The first-order chi connectivity index (χ1) is 11.0. The van der Waals surface area contributed by atoms with Gasteiger partial charge >= 0.3 is 0 Å². The third kappa shape index (κ3) is 3.43. The van der Waals surface area contributed by atoms with Gasteiger partial charge in [0.2, 0.25) is 0 Å². The SMILES string of the molecule is C=C(C)c1cc(C(C)(F)F)c(C2=CC(C)=C(C)C=CC2)c(C)c1C. The Bertz CT molecular complexity index is 781. The van der Waals surface area contributed by atoms with E-state index in [-0.39, 0.29) is 5.56 Å². The Labute approximate surface area is 144 Å². The molecule has 0 N–H and O–H groups in total. The smallest absolute Gasteiger partial charge is 0.202 e. The highest BCUT2D eigenvalue weighted by Gasteiger charge is 2.31. The van der Waals surface area contributed by atoms with Crippen LogP contribution in [0.2, 0.25) is 0 Å². The van der Waals surface area contributed by atoms with Crippen molar-refractivity contribution in [3.8, 4) is 0 Å². The van der Waals surface area contributed by atoms with Crippen LogP contribution in [0.25, 0.3) is 11.1 Å². The molecule has 128 valence electrons. The molecule has 0 radical (unpaired) electrons. The van der Waals surface area contributed by atoms with Crippen LogP contribution in [0.15, 0.2) is 42.0 Å². The van der Waals surface area contributed by atoms with Crippen LogP contribution in [-0.2, 0) is 5.92 Å². The van der Waals surface area contributed by atoms with Gasteiger partial charge in [0, 0.05) is 12.5 Å². The molecule has 1 aromatic rings. The number of benzene rings is 1. The van der Waals surface area contributed by atoms with E-state index in [1.807, 2.05) is 40.7 Å². The van der Waals surface area contributed by atoms with E-state index in [1.165, 1.54) is 5.57 Å². The average molecular weight is 328 g/mol. The molecule has 0 bridgehead atoms. The lowest BCUT2D eigenvalue weighted by molar-refractivity contribution is 0.0171. The fourth-order valence-electron chi connectivity index (χ4n) is 3.22. The zero-order valence-electron chi connectivity index (χ0n) is 15.5. The summed E-state index contributed by atoms with van der Waals surface area (Å²) in [5.41, 5.74) is 7.59. The maximum atomic E-state index is 14.4. The monoisotopic (exact) mass is 328 g/mol. The normalized spacial score (nSPS) is 15.4. The van der Waals surface area contributed by atoms with Crippen LogP contribution < -0.4 is 0 Å². The van der Waals surface area contributed by atoms with Crippen molar-refractivity contribution < 1.29 is 8.78 Å². The van der Waals surface area contributed by atoms with E-state index in [0.717, 1.165) is 40.3 Å². The van der Waals surface area contributed by atoms with Crippen LogP contribution in [0.3, 0.4) is 0 Å². The van der Waals surface area contributed by atoms with Gasteiger partial charge in [-0.2, -0.15) is 0 Å². The van der Waals surface area contributed by atoms with Gasteiger partial charge in [0.1, 0.15) is 0 Å². The second-order valence-electron chi connectivity index (χ2n) is 6.91. The van der Waals surface area contributed by atoms with Crippen molar-refractivity contribution in [3.63, 3.8) is 0 Å². The van der Waals surface area contributed by atoms with E-state index < -0.39 is 5.92 Å². The Kier molecular flexibility index (Phi) is 4.98. The first-order valence-electron chi connectivity index (χ1n) is 8.27. The highest BCUT2D eigenvalue weighted by atomic mass is 19.3. The van der Waals surface area contributed by atoms with Gasteiger partial charge in [-0.3, -0.25) is 0 Å². The molecule has 0 atom stereocenters. The number of hydrogen-bond donors (Lipinski definition) is 0. The Hall–Kier alpha value is -1.96. The molecule has 0 spiro atoms. The van der Waals surface area contributed by atoms with Crippen LogP contribution in [0.5, 0.6) is 0 Å². The molecule has 1 aromatic carbocycles. The summed E-state index contributed by atoms with van der Waals surface area (Å²) in [6.45, 7) is 14.8. The van der Waals surface area contributed by atoms with Crippen molar-refractivity contribution in [1.29, 1.82) is 0 Å². The summed E-state index contributed by atoms with van der Waals surface area (Å²) >= 11 is 0. The van der Waals surface area contributed by atoms with Crippen LogP contribution in [0.4, 0.5) is 8.78 Å². The highest BCUT2D eigenvalue weighted by Crippen LogP contribution is 2.41. The topological polar surface area (TPSA) is 0 Å². The maximum Gasteiger partial charge on any atom is 0.271 e. The minimum absolute atomic E-state index is 0.0932. The van der Waals surface area contributed by atoms with Crippen molar-refractivity contribution in [3.05, 3.63) is 69.8 Å². The quantitative estimate of drug-likeness (QED) is 0.553. The number of halogens is 2. The second-order valence-corrected chi connectivity index (χ2v) is 6.91. The van der Waals surface area contributed by atoms with Crippen LogP contribution in [-0.4, -0.2) is 0 Å². The summed E-state index contributed by atoms with van der Waals surface area (Å²) < 4.78 is 28.8.